The van der Waals surface area contributed by atoms with Crippen molar-refractivity contribution in [2.24, 2.45) is 0 Å². The van der Waals surface area contributed by atoms with Crippen LogP contribution in [0.25, 0.3) is 0 Å². The molecule has 19 heavy (non-hydrogen) atoms. The zero-order valence-corrected chi connectivity index (χ0v) is 9.47. The van der Waals surface area contributed by atoms with Crippen molar-refractivity contribution >= 4 is 11.4 Å². The Labute approximate surface area is 106 Å². The highest BCUT2D eigenvalue weighted by Crippen LogP contribution is 2.31. The Morgan fingerprint density at radius 2 is 1.84 bits per heavy atom. The van der Waals surface area contributed by atoms with Crippen molar-refractivity contribution < 1.29 is 18.4 Å². The van der Waals surface area contributed by atoms with Crippen LogP contribution in [0.15, 0.2) is 36.4 Å². The van der Waals surface area contributed by atoms with Gasteiger partial charge in [0.15, 0.2) is 17.4 Å². The number of halogens is 2. The molecule has 2 aromatic rings. The van der Waals surface area contributed by atoms with Crippen LogP contribution >= 0.6 is 0 Å². The number of nitrogens with zero attached hydrogens (tertiary/aromatic N) is 1. The third kappa shape index (κ3) is 2.76. The van der Waals surface area contributed by atoms with Gasteiger partial charge >= 0.3 is 0 Å². The van der Waals surface area contributed by atoms with E-state index in [1.165, 1.54) is 18.2 Å². The Morgan fingerprint density at radius 3 is 2.42 bits per heavy atom. The summed E-state index contributed by atoms with van der Waals surface area (Å²) in [5.74, 6) is -1.89. The summed E-state index contributed by atoms with van der Waals surface area (Å²) in [4.78, 5) is 9.92. The Morgan fingerprint density at radius 1 is 1.11 bits per heavy atom. The van der Waals surface area contributed by atoms with Gasteiger partial charge in [-0.3, -0.25) is 10.1 Å². The van der Waals surface area contributed by atoms with E-state index in [1.807, 2.05) is 0 Å². The molecule has 0 saturated heterocycles. The van der Waals surface area contributed by atoms with E-state index in [2.05, 4.69) is 0 Å². The second kappa shape index (κ2) is 4.89. The molecule has 0 spiro atoms. The maximum Gasteiger partial charge on any atom is 0.271 e. The van der Waals surface area contributed by atoms with Gasteiger partial charge in [-0.1, -0.05) is 0 Å². The average molecular weight is 266 g/mol. The Kier molecular flexibility index (Phi) is 3.28. The summed E-state index contributed by atoms with van der Waals surface area (Å²) in [6.07, 6.45) is 0. The van der Waals surface area contributed by atoms with Crippen molar-refractivity contribution in [2.75, 3.05) is 5.73 Å². The number of anilines is 1. The lowest BCUT2D eigenvalue weighted by Gasteiger charge is -2.08. The molecular formula is C12H8F2N2O3. The van der Waals surface area contributed by atoms with E-state index in [4.69, 9.17) is 10.5 Å². The number of ether oxygens (including phenoxy) is 1. The number of nitro groups is 1. The molecule has 7 heteroatoms. The maximum absolute atomic E-state index is 13.0. The molecular weight excluding hydrogens is 258 g/mol. The van der Waals surface area contributed by atoms with Gasteiger partial charge in [0.1, 0.15) is 5.75 Å². The van der Waals surface area contributed by atoms with Crippen LogP contribution in [0.2, 0.25) is 0 Å². The molecule has 0 atom stereocenters. The second-order valence-corrected chi connectivity index (χ2v) is 3.66. The van der Waals surface area contributed by atoms with Gasteiger partial charge in [0.05, 0.1) is 10.6 Å². The quantitative estimate of drug-likeness (QED) is 0.525. The molecule has 0 saturated carbocycles. The van der Waals surface area contributed by atoms with Crippen LogP contribution in [0.3, 0.4) is 0 Å². The molecule has 0 aliphatic carbocycles. The van der Waals surface area contributed by atoms with E-state index in [9.17, 15) is 18.9 Å². The maximum atomic E-state index is 13.0. The fourth-order valence-corrected chi connectivity index (χ4v) is 1.41. The molecule has 0 amide bonds. The van der Waals surface area contributed by atoms with E-state index < -0.39 is 16.6 Å². The SMILES string of the molecule is Nc1cc([N+](=O)[O-])ccc1Oc1ccc(F)c(F)c1. The van der Waals surface area contributed by atoms with Crippen molar-refractivity contribution in [3.05, 3.63) is 58.1 Å². The van der Waals surface area contributed by atoms with Crippen molar-refractivity contribution in [3.8, 4) is 11.5 Å². The first-order chi connectivity index (χ1) is 8.97. The van der Waals surface area contributed by atoms with Crippen molar-refractivity contribution in [1.82, 2.24) is 0 Å². The summed E-state index contributed by atoms with van der Waals surface area (Å²) in [7, 11) is 0. The summed E-state index contributed by atoms with van der Waals surface area (Å²) in [5.41, 5.74) is 5.42. The molecule has 2 N–H and O–H groups in total. The highest BCUT2D eigenvalue weighted by Gasteiger charge is 2.11. The summed E-state index contributed by atoms with van der Waals surface area (Å²) < 4.78 is 30.9. The molecule has 0 bridgehead atoms. The first kappa shape index (κ1) is 12.7. The number of hydrogen-bond donors (Lipinski definition) is 1. The van der Waals surface area contributed by atoms with Crippen LogP contribution in [0, 0.1) is 21.7 Å². The van der Waals surface area contributed by atoms with Crippen molar-refractivity contribution in [2.45, 2.75) is 0 Å². The molecule has 0 heterocycles. The van der Waals surface area contributed by atoms with Gasteiger partial charge in [-0.25, -0.2) is 8.78 Å². The van der Waals surface area contributed by atoms with Gasteiger partial charge < -0.3 is 10.5 Å². The van der Waals surface area contributed by atoms with E-state index in [0.29, 0.717) is 0 Å². The minimum absolute atomic E-state index is 0.0268. The minimum Gasteiger partial charge on any atom is -0.455 e. The zero-order chi connectivity index (χ0) is 14.0. The van der Waals surface area contributed by atoms with E-state index >= 15 is 0 Å². The molecule has 0 fully saturated rings. The highest BCUT2D eigenvalue weighted by atomic mass is 19.2. The monoisotopic (exact) mass is 266 g/mol. The smallest absolute Gasteiger partial charge is 0.271 e. The van der Waals surface area contributed by atoms with Gasteiger partial charge in [0.2, 0.25) is 0 Å². The van der Waals surface area contributed by atoms with Crippen LogP contribution in [-0.2, 0) is 0 Å². The van der Waals surface area contributed by atoms with Crippen LogP contribution in [0.1, 0.15) is 0 Å². The average Bonchev–Trinajstić information content (AvgIpc) is 2.36. The Bertz CT molecular complexity index is 647. The molecule has 0 aromatic heterocycles. The summed E-state index contributed by atoms with van der Waals surface area (Å²) >= 11 is 0. The molecule has 2 rings (SSSR count). The lowest BCUT2D eigenvalue weighted by molar-refractivity contribution is -0.384. The summed E-state index contributed by atoms with van der Waals surface area (Å²) in [6.45, 7) is 0. The molecule has 2 aromatic carbocycles. The first-order valence-electron chi connectivity index (χ1n) is 5.14. The van der Waals surface area contributed by atoms with Crippen LogP contribution in [0.5, 0.6) is 11.5 Å². The number of rotatable bonds is 3. The van der Waals surface area contributed by atoms with E-state index in [-0.39, 0.29) is 22.9 Å². The van der Waals surface area contributed by atoms with Gasteiger partial charge in [-0.15, -0.1) is 0 Å². The lowest BCUT2D eigenvalue weighted by Crippen LogP contribution is -1.95. The van der Waals surface area contributed by atoms with Crippen molar-refractivity contribution in [3.63, 3.8) is 0 Å². The van der Waals surface area contributed by atoms with E-state index in [1.54, 1.807) is 0 Å². The number of hydrogen-bond acceptors (Lipinski definition) is 4. The fraction of sp³-hybridized carbons (Fsp3) is 0. The predicted octanol–water partition coefficient (Wildman–Crippen LogP) is 3.25. The Balaban J connectivity index is 2.28. The zero-order valence-electron chi connectivity index (χ0n) is 9.47. The first-order valence-corrected chi connectivity index (χ1v) is 5.14. The van der Waals surface area contributed by atoms with Crippen LogP contribution in [0.4, 0.5) is 20.2 Å². The number of non-ortho nitro benzene ring substituents is 1. The van der Waals surface area contributed by atoms with E-state index in [0.717, 1.165) is 18.2 Å². The molecule has 5 nitrogen and oxygen atoms in total. The topological polar surface area (TPSA) is 78.4 Å². The molecule has 98 valence electrons. The van der Waals surface area contributed by atoms with Crippen LogP contribution in [-0.4, -0.2) is 4.92 Å². The number of benzene rings is 2. The molecule has 0 unspecified atom stereocenters. The normalized spacial score (nSPS) is 10.2. The molecule has 0 radical (unpaired) electrons. The summed E-state index contributed by atoms with van der Waals surface area (Å²) in [5, 5.41) is 10.5. The fourth-order valence-electron chi connectivity index (χ4n) is 1.41. The summed E-state index contributed by atoms with van der Waals surface area (Å²) in [6, 6.07) is 6.59. The van der Waals surface area contributed by atoms with Gasteiger partial charge in [0.25, 0.3) is 5.69 Å². The van der Waals surface area contributed by atoms with Gasteiger partial charge in [0, 0.05) is 18.2 Å². The number of nitro benzene ring substituents is 1. The predicted molar refractivity (Wildman–Crippen MR) is 63.9 cm³/mol. The molecule has 0 aliphatic rings. The standard InChI is InChI=1S/C12H8F2N2O3/c13-9-3-2-8(6-10(9)14)19-12-4-1-7(16(17)18)5-11(12)15/h1-6H,15H2. The Hall–Kier alpha value is -2.70. The number of nitrogens with two attached hydrogens (primary N) is 1. The largest absolute Gasteiger partial charge is 0.455 e. The van der Waals surface area contributed by atoms with Gasteiger partial charge in [-0.05, 0) is 18.2 Å². The third-order valence-electron chi connectivity index (χ3n) is 2.32. The lowest BCUT2D eigenvalue weighted by atomic mass is 10.2. The molecule has 0 aliphatic heterocycles. The minimum atomic E-state index is -1.06. The third-order valence-corrected chi connectivity index (χ3v) is 2.32. The number of nitrogen functional groups attached to an aromatic ring is 1. The second-order valence-electron chi connectivity index (χ2n) is 3.66. The van der Waals surface area contributed by atoms with Gasteiger partial charge in [-0.2, -0.15) is 0 Å². The van der Waals surface area contributed by atoms with Crippen molar-refractivity contribution in [1.29, 1.82) is 0 Å². The van der Waals surface area contributed by atoms with Crippen LogP contribution < -0.4 is 10.5 Å². The highest BCUT2D eigenvalue weighted by molar-refractivity contribution is 5.59.